The van der Waals surface area contributed by atoms with Gasteiger partial charge in [0.25, 0.3) is 0 Å². The molecule has 5 rings (SSSR count). The number of ether oxygens (including phenoxy) is 1. The van der Waals surface area contributed by atoms with Crippen molar-refractivity contribution in [3.63, 3.8) is 0 Å². The summed E-state index contributed by atoms with van der Waals surface area (Å²) in [6, 6.07) is 13.4. The van der Waals surface area contributed by atoms with E-state index in [0.717, 1.165) is 22.9 Å². The van der Waals surface area contributed by atoms with E-state index in [2.05, 4.69) is 29.6 Å². The van der Waals surface area contributed by atoms with Crippen LogP contribution < -0.4 is 10.7 Å². The lowest BCUT2D eigenvalue weighted by atomic mass is 9.97. The lowest BCUT2D eigenvalue weighted by molar-refractivity contribution is -0.137. The van der Waals surface area contributed by atoms with Crippen molar-refractivity contribution in [2.24, 2.45) is 0 Å². The Morgan fingerprint density at radius 1 is 1.14 bits per heavy atom. The molecule has 36 heavy (non-hydrogen) atoms. The molecule has 2 unspecified atom stereocenters. The van der Waals surface area contributed by atoms with Crippen molar-refractivity contribution >= 4 is 11.8 Å². The Morgan fingerprint density at radius 2 is 1.86 bits per heavy atom. The zero-order valence-electron chi connectivity index (χ0n) is 20.4. The van der Waals surface area contributed by atoms with Crippen LogP contribution in [0.2, 0.25) is 0 Å². The van der Waals surface area contributed by atoms with Gasteiger partial charge in [0.15, 0.2) is 5.43 Å². The first-order valence-corrected chi connectivity index (χ1v) is 13.1. The summed E-state index contributed by atoms with van der Waals surface area (Å²) in [7, 11) is 0. The Hall–Kier alpha value is -2.55. The average molecular weight is 515 g/mol. The topological polar surface area (TPSA) is 46.6 Å². The molecule has 1 saturated carbocycles. The van der Waals surface area contributed by atoms with Crippen molar-refractivity contribution in [1.82, 2.24) is 9.88 Å². The van der Waals surface area contributed by atoms with Gasteiger partial charge in [0.05, 0.1) is 5.56 Å². The van der Waals surface area contributed by atoms with Crippen LogP contribution in [0.4, 0.5) is 13.2 Å². The number of aromatic nitrogens is 1. The van der Waals surface area contributed by atoms with Gasteiger partial charge in [-0.05, 0) is 69.0 Å². The van der Waals surface area contributed by atoms with Gasteiger partial charge in [-0.1, -0.05) is 24.3 Å². The Kier molecular flexibility index (Phi) is 6.78. The number of epoxide rings is 1. The normalized spacial score (nSPS) is 19.6. The van der Waals surface area contributed by atoms with Gasteiger partial charge in [-0.3, -0.25) is 10.1 Å². The quantitative estimate of drug-likeness (QED) is 0.334. The van der Waals surface area contributed by atoms with Crippen LogP contribution in [0.25, 0.3) is 11.1 Å². The van der Waals surface area contributed by atoms with E-state index in [1.165, 1.54) is 23.8 Å². The molecule has 4 nitrogen and oxygen atoms in total. The summed E-state index contributed by atoms with van der Waals surface area (Å²) in [4.78, 5) is 14.8. The third-order valence-electron chi connectivity index (χ3n) is 6.61. The van der Waals surface area contributed by atoms with E-state index < -0.39 is 17.8 Å². The molecule has 190 valence electrons. The molecule has 2 heterocycles. The van der Waals surface area contributed by atoms with E-state index >= 15 is 0 Å². The van der Waals surface area contributed by atoms with Crippen LogP contribution in [0.3, 0.4) is 0 Å². The second-order valence-electron chi connectivity index (χ2n) is 9.77. The van der Waals surface area contributed by atoms with Crippen LogP contribution in [0.15, 0.2) is 64.4 Å². The molecule has 1 aliphatic carbocycles. The molecule has 1 N–H and O–H groups in total. The molecule has 0 bridgehead atoms. The lowest BCUT2D eigenvalue weighted by Gasteiger charge is -2.20. The summed E-state index contributed by atoms with van der Waals surface area (Å²) < 4.78 is 47.8. The van der Waals surface area contributed by atoms with Gasteiger partial charge in [0.2, 0.25) is 0 Å². The van der Waals surface area contributed by atoms with Crippen molar-refractivity contribution in [2.75, 3.05) is 0 Å². The SMILES string of the molecule is Cc1c(-c2cccc(C(F)(F)F)c2)c(=O)c(C2OC2NCc2ccc(SC3CC3)cc2)cn1C(C)C. The standard InChI is InChI=1S/C28H29F3N2O2S/c1-16(2)33-15-23(25(34)24(17(33)3)19-5-4-6-20(13-19)28(29,30)31)26-27(35-26)32-14-18-7-9-21(10-8-18)36-22-11-12-22/h4-10,13,15-16,22,26-27,32H,11-12,14H2,1-3H3. The number of nitrogens with zero attached hydrogens (tertiary/aromatic N) is 1. The second kappa shape index (κ2) is 9.72. The van der Waals surface area contributed by atoms with Crippen molar-refractivity contribution in [3.8, 4) is 11.1 Å². The number of benzene rings is 2. The van der Waals surface area contributed by atoms with Crippen LogP contribution in [-0.2, 0) is 17.5 Å². The zero-order chi connectivity index (χ0) is 25.6. The van der Waals surface area contributed by atoms with E-state index in [-0.39, 0.29) is 28.8 Å². The molecule has 3 aromatic rings. The fourth-order valence-electron chi connectivity index (χ4n) is 4.46. The highest BCUT2D eigenvalue weighted by Crippen LogP contribution is 2.40. The smallest absolute Gasteiger partial charge is 0.348 e. The van der Waals surface area contributed by atoms with Gasteiger partial charge in [0.1, 0.15) is 12.3 Å². The first kappa shape index (κ1) is 25.1. The molecule has 0 amide bonds. The highest BCUT2D eigenvalue weighted by molar-refractivity contribution is 8.00. The maximum atomic E-state index is 13.6. The second-order valence-corrected chi connectivity index (χ2v) is 11.1. The third kappa shape index (κ3) is 5.41. The number of nitrogens with one attached hydrogen (secondary N) is 1. The predicted molar refractivity (Wildman–Crippen MR) is 136 cm³/mol. The molecule has 2 aromatic carbocycles. The molecular formula is C28H29F3N2O2S. The lowest BCUT2D eigenvalue weighted by Crippen LogP contribution is -2.23. The summed E-state index contributed by atoms with van der Waals surface area (Å²) in [6.45, 7) is 6.33. The molecular weight excluding hydrogens is 485 g/mol. The number of hydrogen-bond acceptors (Lipinski definition) is 4. The number of alkyl halides is 3. The number of rotatable bonds is 8. The fourth-order valence-corrected chi connectivity index (χ4v) is 5.51. The summed E-state index contributed by atoms with van der Waals surface area (Å²) in [6.07, 6.45) is -0.881. The Bertz CT molecular complexity index is 1310. The van der Waals surface area contributed by atoms with Crippen molar-refractivity contribution < 1.29 is 17.9 Å². The van der Waals surface area contributed by atoms with Crippen molar-refractivity contribution in [2.45, 2.75) is 74.9 Å². The number of pyridine rings is 1. The van der Waals surface area contributed by atoms with Crippen molar-refractivity contribution in [3.05, 3.63) is 87.3 Å². The molecule has 8 heteroatoms. The molecule has 2 aliphatic rings. The van der Waals surface area contributed by atoms with Gasteiger partial charge in [-0.2, -0.15) is 13.2 Å². The third-order valence-corrected chi connectivity index (χ3v) is 7.96. The van der Waals surface area contributed by atoms with Gasteiger partial charge >= 0.3 is 6.18 Å². The maximum Gasteiger partial charge on any atom is 0.416 e. The monoisotopic (exact) mass is 514 g/mol. The van der Waals surface area contributed by atoms with Crippen LogP contribution in [0, 0.1) is 6.92 Å². The Morgan fingerprint density at radius 3 is 2.50 bits per heavy atom. The largest absolute Gasteiger partial charge is 0.416 e. The first-order chi connectivity index (χ1) is 17.1. The summed E-state index contributed by atoms with van der Waals surface area (Å²) in [5.74, 6) is 0. The molecule has 2 atom stereocenters. The van der Waals surface area contributed by atoms with Gasteiger partial charge < -0.3 is 9.30 Å². The van der Waals surface area contributed by atoms with Crippen LogP contribution in [-0.4, -0.2) is 16.0 Å². The number of halogens is 3. The molecule has 0 spiro atoms. The summed E-state index contributed by atoms with van der Waals surface area (Å²) in [5, 5.41) is 4.11. The fraction of sp³-hybridized carbons (Fsp3) is 0.393. The molecule has 1 aromatic heterocycles. The van der Waals surface area contributed by atoms with E-state index in [1.807, 2.05) is 30.2 Å². The van der Waals surface area contributed by atoms with Crippen LogP contribution in [0.5, 0.6) is 0 Å². The van der Waals surface area contributed by atoms with Crippen LogP contribution in [0.1, 0.15) is 61.2 Å². The minimum Gasteiger partial charge on any atom is -0.348 e. The highest BCUT2D eigenvalue weighted by atomic mass is 32.2. The van der Waals surface area contributed by atoms with Gasteiger partial charge in [-0.25, -0.2) is 0 Å². The molecule has 0 radical (unpaired) electrons. The van der Waals surface area contributed by atoms with Crippen molar-refractivity contribution in [1.29, 1.82) is 0 Å². The van der Waals surface area contributed by atoms with E-state index in [0.29, 0.717) is 17.8 Å². The Labute approximate surface area is 212 Å². The minimum atomic E-state index is -4.48. The summed E-state index contributed by atoms with van der Waals surface area (Å²) in [5.41, 5.74) is 1.69. The van der Waals surface area contributed by atoms with E-state index in [4.69, 9.17) is 4.74 Å². The van der Waals surface area contributed by atoms with Gasteiger partial charge in [-0.15, -0.1) is 11.8 Å². The highest BCUT2D eigenvalue weighted by Gasteiger charge is 2.42. The predicted octanol–water partition coefficient (Wildman–Crippen LogP) is 6.87. The number of thioether (sulfide) groups is 1. The minimum absolute atomic E-state index is 0.0195. The average Bonchev–Trinajstić information content (AvgIpc) is 3.75. The first-order valence-electron chi connectivity index (χ1n) is 12.2. The Balaban J connectivity index is 1.37. The molecule has 2 fully saturated rings. The zero-order valence-corrected chi connectivity index (χ0v) is 21.2. The van der Waals surface area contributed by atoms with Crippen LogP contribution >= 0.6 is 11.8 Å². The molecule has 1 saturated heterocycles. The molecule has 1 aliphatic heterocycles. The van der Waals surface area contributed by atoms with E-state index in [1.54, 1.807) is 19.2 Å². The number of hydrogen-bond donors (Lipinski definition) is 1. The summed E-state index contributed by atoms with van der Waals surface area (Å²) >= 11 is 1.92. The van der Waals surface area contributed by atoms with Gasteiger partial charge in [0, 0.05) is 45.7 Å². The maximum absolute atomic E-state index is 13.6. The van der Waals surface area contributed by atoms with E-state index in [9.17, 15) is 18.0 Å².